The third-order valence-electron chi connectivity index (χ3n) is 2.00. The minimum absolute atomic E-state index is 0. The first-order valence-electron chi connectivity index (χ1n) is 8.66. The molecule has 24 heavy (non-hydrogen) atoms. The molecule has 6 heteroatoms. The van der Waals surface area contributed by atoms with Crippen LogP contribution in [0.25, 0.3) is 0 Å². The van der Waals surface area contributed by atoms with Crippen molar-refractivity contribution in [3.8, 4) is 0 Å². The molecule has 0 aromatic carbocycles. The van der Waals surface area contributed by atoms with Crippen LogP contribution < -0.4 is 9.41 Å². The van der Waals surface area contributed by atoms with Crippen LogP contribution in [0, 0.1) is 0 Å². The Morgan fingerprint density at radius 1 is 0.333 bits per heavy atom. The molecule has 0 heterocycles. The van der Waals surface area contributed by atoms with Crippen LogP contribution in [0.5, 0.6) is 0 Å². The van der Waals surface area contributed by atoms with Crippen molar-refractivity contribution >= 4 is 25.7 Å². The molecule has 0 N–H and O–H groups in total. The van der Waals surface area contributed by atoms with E-state index in [0.717, 1.165) is 59.7 Å². The normalized spacial score (nSPS) is 9.75. The molecule has 0 atom stereocenters. The van der Waals surface area contributed by atoms with Crippen LogP contribution in [0.1, 0.15) is 83.1 Å². The van der Waals surface area contributed by atoms with Crippen LogP contribution in [-0.4, -0.2) is 34.0 Å². The van der Waals surface area contributed by atoms with Crippen LogP contribution in [0.3, 0.4) is 0 Å². The average Bonchev–Trinajstić information content (AvgIpc) is 2.10. The monoisotopic (exact) mass is 498 g/mol. The number of hydrogen-bond acceptors (Lipinski definition) is 0. The molecule has 0 aliphatic heterocycles. The van der Waals surface area contributed by atoms with Crippen LogP contribution in [0.4, 0.5) is 0 Å². The van der Waals surface area contributed by atoms with E-state index in [2.05, 4.69) is 83.1 Å². The molecule has 0 amide bonds. The Hall–Kier alpha value is 1.81. The largest absolute Gasteiger partial charge is 2.00 e. The minimum atomic E-state index is 0. The van der Waals surface area contributed by atoms with Crippen molar-refractivity contribution in [3.05, 3.63) is 0 Å². The average molecular weight is 499 g/mol. The third-order valence-corrected chi connectivity index (χ3v) is 6.00. The quantitative estimate of drug-likeness (QED) is 0.384. The van der Waals surface area contributed by atoms with Crippen molar-refractivity contribution in [1.82, 2.24) is 0 Å². The van der Waals surface area contributed by atoms with Gasteiger partial charge in [-0.3, -0.25) is 0 Å². The Bertz CT molecular complexity index is 149. The predicted molar refractivity (Wildman–Crippen MR) is 116 cm³/mol. The fraction of sp³-hybridized carbons (Fsp3) is 1.00. The van der Waals surface area contributed by atoms with E-state index in [1.807, 2.05) is 0 Å². The van der Waals surface area contributed by atoms with Gasteiger partial charge in [0.25, 0.3) is 0 Å². The molecule has 0 bridgehead atoms. The van der Waals surface area contributed by atoms with Crippen LogP contribution in [0.15, 0.2) is 0 Å². The Balaban J connectivity index is -0.0000000476. The van der Waals surface area contributed by atoms with Gasteiger partial charge in [0.15, 0.2) is 0 Å². The molecule has 0 saturated heterocycles. The molecule has 0 spiro atoms. The minimum Gasteiger partial charge on any atom is -1.00 e. The molecule has 0 aromatic rings. The maximum Gasteiger partial charge on any atom is 2.00 e. The van der Waals surface area contributed by atoms with E-state index in [4.69, 9.17) is 0 Å². The molecule has 0 nitrogen and oxygen atoms in total. The number of rotatable bonds is 6. The van der Waals surface area contributed by atoms with Gasteiger partial charge in [-0.15, -0.1) is 25.7 Å². The summed E-state index contributed by atoms with van der Waals surface area (Å²) in [6.45, 7) is 27.3. The summed E-state index contributed by atoms with van der Waals surface area (Å²) in [4.78, 5) is 0. The van der Waals surface area contributed by atoms with Gasteiger partial charge in [-0.05, 0) is 34.0 Å². The van der Waals surface area contributed by atoms with E-state index in [1.165, 1.54) is 0 Å². The molecule has 0 saturated carbocycles. The molecule has 0 aliphatic carbocycles. The summed E-state index contributed by atoms with van der Waals surface area (Å²) in [6.07, 6.45) is 0. The zero-order valence-electron chi connectivity index (χ0n) is 18.0. The van der Waals surface area contributed by atoms with E-state index in [9.17, 15) is 0 Å². The van der Waals surface area contributed by atoms with E-state index >= 15 is 0 Å². The topological polar surface area (TPSA) is 0 Å². The third kappa shape index (κ3) is 65.0. The molecule has 0 rings (SSSR count). The van der Waals surface area contributed by atoms with Gasteiger partial charge in [-0.2, -0.15) is 0 Å². The van der Waals surface area contributed by atoms with Gasteiger partial charge in [0, 0.05) is 0 Å². The Morgan fingerprint density at radius 2 is 0.417 bits per heavy atom. The van der Waals surface area contributed by atoms with E-state index in [1.54, 1.807) is 0 Å². The molecular formula is C18H45F2P3Pd. The van der Waals surface area contributed by atoms with Gasteiger partial charge in [0.1, 0.15) is 0 Å². The van der Waals surface area contributed by atoms with Crippen molar-refractivity contribution in [3.63, 3.8) is 0 Å². The van der Waals surface area contributed by atoms with Crippen molar-refractivity contribution in [1.29, 1.82) is 0 Å². The van der Waals surface area contributed by atoms with Crippen LogP contribution in [-0.2, 0) is 20.4 Å². The second-order valence-electron chi connectivity index (χ2n) is 7.43. The summed E-state index contributed by atoms with van der Waals surface area (Å²) >= 11 is 0. The molecule has 156 valence electrons. The van der Waals surface area contributed by atoms with Crippen molar-refractivity contribution in [2.24, 2.45) is 0 Å². The number of hydrogen-bond donors (Lipinski definition) is 0. The number of halogens is 2. The van der Waals surface area contributed by atoms with E-state index in [-0.39, 0.29) is 29.8 Å². The van der Waals surface area contributed by atoms with Crippen molar-refractivity contribution < 1.29 is 29.8 Å². The smallest absolute Gasteiger partial charge is 1.00 e. The standard InChI is InChI=1S/3C6H15P.2FH.Pd/c3*1-5(2)7-6(3)4;;;/h3*5-7H,1-4H3;2*1H;/q;;;;;+2/p-2. The Labute approximate surface area is 172 Å². The first kappa shape index (κ1) is 40.5. The zero-order chi connectivity index (χ0) is 17.6. The first-order chi connectivity index (χ1) is 9.38. The summed E-state index contributed by atoms with van der Waals surface area (Å²) in [6, 6.07) is 0. The fourth-order valence-electron chi connectivity index (χ4n) is 2.00. The molecular weight excluding hydrogens is 454 g/mol. The van der Waals surface area contributed by atoms with Gasteiger partial charge in [0.2, 0.25) is 0 Å². The van der Waals surface area contributed by atoms with E-state index < -0.39 is 0 Å². The molecule has 0 fully saturated rings. The zero-order valence-corrected chi connectivity index (χ0v) is 22.6. The van der Waals surface area contributed by atoms with Gasteiger partial charge in [0.05, 0.1) is 0 Å². The summed E-state index contributed by atoms with van der Waals surface area (Å²) in [5.74, 6) is 0. The molecule has 0 unspecified atom stereocenters. The predicted octanol–water partition coefficient (Wildman–Crippen LogP) is 1.45. The first-order valence-corrected chi connectivity index (χ1v) is 12.1. The maximum atomic E-state index is 2.28. The van der Waals surface area contributed by atoms with Crippen LogP contribution >= 0.6 is 25.7 Å². The van der Waals surface area contributed by atoms with Crippen LogP contribution in [0.2, 0.25) is 0 Å². The fourth-order valence-corrected chi connectivity index (χ4v) is 6.00. The second-order valence-corrected chi connectivity index (χ2v) is 15.4. The van der Waals surface area contributed by atoms with Gasteiger partial charge >= 0.3 is 20.4 Å². The van der Waals surface area contributed by atoms with E-state index in [0.29, 0.717) is 0 Å². The summed E-state index contributed by atoms with van der Waals surface area (Å²) < 4.78 is 0. The summed E-state index contributed by atoms with van der Waals surface area (Å²) in [5, 5.41) is 0. The summed E-state index contributed by atoms with van der Waals surface area (Å²) in [5.41, 5.74) is 5.42. The molecule has 0 aliphatic rings. The van der Waals surface area contributed by atoms with Gasteiger partial charge < -0.3 is 9.41 Å². The Kier molecular flexibility index (Phi) is 45.6. The maximum absolute atomic E-state index is 2.28. The summed E-state index contributed by atoms with van der Waals surface area (Å²) in [7, 11) is 3.44. The van der Waals surface area contributed by atoms with Crippen molar-refractivity contribution in [2.45, 2.75) is 117 Å². The Morgan fingerprint density at radius 3 is 0.417 bits per heavy atom. The van der Waals surface area contributed by atoms with Crippen molar-refractivity contribution in [2.75, 3.05) is 0 Å². The molecule has 0 radical (unpaired) electrons. The second kappa shape index (κ2) is 27.0. The van der Waals surface area contributed by atoms with Gasteiger partial charge in [-0.25, -0.2) is 0 Å². The SMILES string of the molecule is CC(C)PC(C)C.CC(C)PC(C)C.CC(C)PC(C)C.[F-].[F-].[Pd+2]. The van der Waals surface area contributed by atoms with Gasteiger partial charge in [-0.1, -0.05) is 83.1 Å². The molecule has 0 aromatic heterocycles.